The molecule has 1 aromatic heterocycles. The molecule has 8 nitrogen and oxygen atoms in total. The van der Waals surface area contributed by atoms with Crippen molar-refractivity contribution in [3.8, 4) is 0 Å². The summed E-state index contributed by atoms with van der Waals surface area (Å²) >= 11 is 0. The maximum absolute atomic E-state index is 12.1. The number of nitrogens with two attached hydrogens (primary N) is 2. The molecule has 8 heteroatoms. The lowest BCUT2D eigenvalue weighted by Gasteiger charge is -2.31. The van der Waals surface area contributed by atoms with Gasteiger partial charge in [-0.3, -0.25) is 4.79 Å². The van der Waals surface area contributed by atoms with Gasteiger partial charge in [0.25, 0.3) is 5.91 Å². The van der Waals surface area contributed by atoms with Crippen molar-refractivity contribution in [1.82, 2.24) is 9.97 Å². The number of hydrogen-bond donors (Lipinski definition) is 4. The fourth-order valence-electron chi connectivity index (χ4n) is 4.86. The second-order valence-electron chi connectivity index (χ2n) is 9.13. The van der Waals surface area contributed by atoms with Crippen LogP contribution in [0.5, 0.6) is 0 Å². The molecule has 6 N–H and O–H groups in total. The fourth-order valence-corrected chi connectivity index (χ4v) is 4.86. The Hall–Kier alpha value is -3.65. The Morgan fingerprint density at radius 3 is 2.71 bits per heavy atom. The first kappa shape index (κ1) is 22.2. The van der Waals surface area contributed by atoms with E-state index in [4.69, 9.17) is 11.5 Å². The SMILES string of the molecule is NC(=O)c1cnc(N[C@@H]2CCCC[C@@H]2N)nc1Nc1cccc(N2CCc3ccccc3C2)c1. The highest BCUT2D eigenvalue weighted by molar-refractivity contribution is 5.98. The van der Waals surface area contributed by atoms with Crippen molar-refractivity contribution in [2.75, 3.05) is 22.1 Å². The predicted octanol–water partition coefficient (Wildman–Crippen LogP) is 3.56. The Kier molecular flexibility index (Phi) is 6.31. The molecule has 3 aromatic rings. The third kappa shape index (κ3) is 4.82. The average molecular weight is 458 g/mol. The van der Waals surface area contributed by atoms with Crippen LogP contribution in [0.2, 0.25) is 0 Å². The molecule has 0 unspecified atom stereocenters. The number of fused-ring (bicyclic) bond motifs is 1. The highest BCUT2D eigenvalue weighted by atomic mass is 16.1. The van der Waals surface area contributed by atoms with Gasteiger partial charge in [-0.15, -0.1) is 0 Å². The van der Waals surface area contributed by atoms with Gasteiger partial charge in [-0.2, -0.15) is 4.98 Å². The van der Waals surface area contributed by atoms with E-state index in [9.17, 15) is 4.79 Å². The van der Waals surface area contributed by atoms with Crippen LogP contribution in [0.15, 0.2) is 54.7 Å². The fraction of sp³-hybridized carbons (Fsp3) is 0.346. The Morgan fingerprint density at radius 1 is 1.06 bits per heavy atom. The molecule has 2 heterocycles. The van der Waals surface area contributed by atoms with E-state index in [2.05, 4.69) is 61.9 Å². The summed E-state index contributed by atoms with van der Waals surface area (Å²) in [6, 6.07) is 16.9. The van der Waals surface area contributed by atoms with Crippen molar-refractivity contribution in [3.63, 3.8) is 0 Å². The van der Waals surface area contributed by atoms with Gasteiger partial charge in [-0.25, -0.2) is 4.98 Å². The van der Waals surface area contributed by atoms with Gasteiger partial charge in [0.05, 0.1) is 0 Å². The Labute approximate surface area is 199 Å². The predicted molar refractivity (Wildman–Crippen MR) is 135 cm³/mol. The van der Waals surface area contributed by atoms with Gasteiger partial charge in [0.2, 0.25) is 5.95 Å². The summed E-state index contributed by atoms with van der Waals surface area (Å²) in [5, 5.41) is 6.64. The van der Waals surface area contributed by atoms with E-state index in [1.807, 2.05) is 12.1 Å². The number of amides is 1. The number of anilines is 4. The maximum Gasteiger partial charge on any atom is 0.254 e. The third-order valence-electron chi connectivity index (χ3n) is 6.79. The van der Waals surface area contributed by atoms with E-state index >= 15 is 0 Å². The first-order valence-electron chi connectivity index (χ1n) is 11.9. The molecule has 5 rings (SSSR count). The summed E-state index contributed by atoms with van der Waals surface area (Å²) in [4.78, 5) is 23.3. The highest BCUT2D eigenvalue weighted by Crippen LogP contribution is 2.28. The molecule has 1 saturated carbocycles. The van der Waals surface area contributed by atoms with Crippen LogP contribution < -0.4 is 27.0 Å². The molecule has 2 atom stereocenters. The summed E-state index contributed by atoms with van der Waals surface area (Å²) in [5.74, 6) is 0.251. The van der Waals surface area contributed by atoms with Gasteiger partial charge in [0, 0.05) is 42.7 Å². The van der Waals surface area contributed by atoms with Crippen LogP contribution in [0, 0.1) is 0 Å². The van der Waals surface area contributed by atoms with Gasteiger partial charge < -0.3 is 27.0 Å². The van der Waals surface area contributed by atoms with E-state index in [1.54, 1.807) is 0 Å². The number of benzene rings is 2. The molecule has 1 fully saturated rings. The number of carbonyl (C=O) groups is 1. The van der Waals surface area contributed by atoms with Gasteiger partial charge in [0.15, 0.2) is 0 Å². The molecule has 1 amide bonds. The number of hydrogen-bond acceptors (Lipinski definition) is 7. The molecule has 0 saturated heterocycles. The van der Waals surface area contributed by atoms with Crippen molar-refractivity contribution in [2.45, 2.75) is 50.7 Å². The second-order valence-corrected chi connectivity index (χ2v) is 9.13. The van der Waals surface area contributed by atoms with E-state index in [0.29, 0.717) is 11.8 Å². The summed E-state index contributed by atoms with van der Waals surface area (Å²) < 4.78 is 0. The molecule has 0 radical (unpaired) electrons. The van der Waals surface area contributed by atoms with Crippen LogP contribution in [0.3, 0.4) is 0 Å². The largest absolute Gasteiger partial charge is 0.367 e. The number of rotatable bonds is 6. The zero-order valence-corrected chi connectivity index (χ0v) is 19.2. The molecule has 2 aliphatic rings. The van der Waals surface area contributed by atoms with Crippen LogP contribution >= 0.6 is 0 Å². The minimum atomic E-state index is -0.577. The number of primary amides is 1. The first-order chi connectivity index (χ1) is 16.6. The molecule has 34 heavy (non-hydrogen) atoms. The standard InChI is InChI=1S/C26H31N7O/c27-22-10-3-4-11-23(22)31-26-29-15-21(24(28)34)25(32-26)30-19-8-5-9-20(14-19)33-13-12-17-6-1-2-7-18(17)16-33/h1-2,5-9,14-15,22-23H,3-4,10-13,16,27H2,(H2,28,34)(H2,29,30,31,32)/t22-,23+/m0/s1. The molecular formula is C26H31N7O. The average Bonchev–Trinajstić information content (AvgIpc) is 2.85. The number of nitrogens with one attached hydrogen (secondary N) is 2. The topological polar surface area (TPSA) is 122 Å². The van der Waals surface area contributed by atoms with E-state index in [-0.39, 0.29) is 17.6 Å². The second kappa shape index (κ2) is 9.69. The van der Waals surface area contributed by atoms with Crippen LogP contribution in [0.25, 0.3) is 0 Å². The quantitative estimate of drug-likeness (QED) is 0.446. The lowest BCUT2D eigenvalue weighted by atomic mass is 9.91. The van der Waals surface area contributed by atoms with Crippen LogP contribution in [0.1, 0.15) is 47.2 Å². The highest BCUT2D eigenvalue weighted by Gasteiger charge is 2.23. The van der Waals surface area contributed by atoms with Crippen LogP contribution in [-0.2, 0) is 13.0 Å². The van der Waals surface area contributed by atoms with Crippen molar-refractivity contribution < 1.29 is 4.79 Å². The molecular weight excluding hydrogens is 426 g/mol. The molecule has 1 aliphatic carbocycles. The van der Waals surface area contributed by atoms with E-state index in [0.717, 1.165) is 56.6 Å². The van der Waals surface area contributed by atoms with Crippen molar-refractivity contribution in [1.29, 1.82) is 0 Å². The van der Waals surface area contributed by atoms with Crippen molar-refractivity contribution in [2.24, 2.45) is 11.5 Å². The zero-order valence-electron chi connectivity index (χ0n) is 19.2. The lowest BCUT2D eigenvalue weighted by Crippen LogP contribution is -2.43. The lowest BCUT2D eigenvalue weighted by molar-refractivity contribution is 0.100. The van der Waals surface area contributed by atoms with Crippen LogP contribution in [0.4, 0.5) is 23.1 Å². The smallest absolute Gasteiger partial charge is 0.254 e. The molecule has 0 spiro atoms. The Morgan fingerprint density at radius 2 is 1.88 bits per heavy atom. The summed E-state index contributed by atoms with van der Waals surface area (Å²) in [6.07, 6.45) is 6.72. The minimum absolute atomic E-state index is 0.0657. The Bertz CT molecular complexity index is 1180. The summed E-state index contributed by atoms with van der Waals surface area (Å²) in [6.45, 7) is 1.83. The third-order valence-corrected chi connectivity index (χ3v) is 6.79. The van der Waals surface area contributed by atoms with Crippen molar-refractivity contribution in [3.05, 3.63) is 71.4 Å². The zero-order chi connectivity index (χ0) is 23.5. The number of carbonyl (C=O) groups excluding carboxylic acids is 1. The van der Waals surface area contributed by atoms with Gasteiger partial charge in [0.1, 0.15) is 11.4 Å². The van der Waals surface area contributed by atoms with Crippen LogP contribution in [-0.4, -0.2) is 34.5 Å². The number of aromatic nitrogens is 2. The molecule has 1 aliphatic heterocycles. The van der Waals surface area contributed by atoms with Gasteiger partial charge in [-0.1, -0.05) is 43.2 Å². The number of nitrogens with zero attached hydrogens (tertiary/aromatic N) is 3. The van der Waals surface area contributed by atoms with Gasteiger partial charge in [-0.05, 0) is 48.6 Å². The summed E-state index contributed by atoms with van der Waals surface area (Å²) in [7, 11) is 0. The van der Waals surface area contributed by atoms with Gasteiger partial charge >= 0.3 is 0 Å². The normalized spacial score (nSPS) is 19.9. The monoisotopic (exact) mass is 457 g/mol. The first-order valence-corrected chi connectivity index (χ1v) is 11.9. The van der Waals surface area contributed by atoms with E-state index in [1.165, 1.54) is 17.3 Å². The van der Waals surface area contributed by atoms with E-state index < -0.39 is 5.91 Å². The minimum Gasteiger partial charge on any atom is -0.367 e. The maximum atomic E-state index is 12.1. The molecule has 2 aromatic carbocycles. The summed E-state index contributed by atoms with van der Waals surface area (Å²) in [5.41, 5.74) is 16.8. The van der Waals surface area contributed by atoms with Crippen molar-refractivity contribution >= 4 is 29.0 Å². The Balaban J connectivity index is 1.36. The molecule has 0 bridgehead atoms. The molecule has 176 valence electrons.